The Balaban J connectivity index is 1.66. The average Bonchev–Trinajstić information content (AvgIpc) is 3.35. The molecule has 2 N–H and O–H groups in total. The maximum Gasteiger partial charge on any atom is 0.439 e. The van der Waals surface area contributed by atoms with Gasteiger partial charge < -0.3 is 9.67 Å². The summed E-state index contributed by atoms with van der Waals surface area (Å²) in [5.41, 5.74) is 2.37. The van der Waals surface area contributed by atoms with Crippen LogP contribution < -0.4 is 5.76 Å². The van der Waals surface area contributed by atoms with E-state index < -0.39 is 5.76 Å². The number of phenols is 1. The minimum Gasteiger partial charge on any atom is -0.508 e. The van der Waals surface area contributed by atoms with E-state index in [9.17, 15) is 9.90 Å². The Morgan fingerprint density at radius 2 is 2.03 bits per heavy atom. The maximum atomic E-state index is 11.4. The first-order valence-corrected chi connectivity index (χ1v) is 10.6. The summed E-state index contributed by atoms with van der Waals surface area (Å²) in [4.78, 5) is 27.5. The molecule has 0 aliphatic heterocycles. The van der Waals surface area contributed by atoms with Crippen LogP contribution in [0.4, 0.5) is 0 Å². The number of aromatic amines is 1. The Hall–Kier alpha value is -3.20. The van der Waals surface area contributed by atoms with Gasteiger partial charge in [-0.2, -0.15) is 0 Å². The smallest absolute Gasteiger partial charge is 0.439 e. The molecule has 9 nitrogen and oxygen atoms in total. The van der Waals surface area contributed by atoms with Crippen LogP contribution in [0.2, 0.25) is 5.02 Å². The molecule has 1 saturated carbocycles. The van der Waals surface area contributed by atoms with Gasteiger partial charge >= 0.3 is 5.76 Å². The minimum absolute atomic E-state index is 0.0259. The molecular weight excluding hydrogens is 420 g/mol. The van der Waals surface area contributed by atoms with Crippen LogP contribution in [0.5, 0.6) is 5.75 Å². The Morgan fingerprint density at radius 1 is 1.23 bits per heavy atom. The van der Waals surface area contributed by atoms with Crippen LogP contribution in [0.15, 0.2) is 33.8 Å². The zero-order valence-electron chi connectivity index (χ0n) is 16.9. The number of nitrogens with zero attached hydrogens (tertiary/aromatic N) is 5. The molecule has 3 heterocycles. The van der Waals surface area contributed by atoms with Gasteiger partial charge in [0.05, 0.1) is 6.33 Å². The maximum absolute atomic E-state index is 11.4. The van der Waals surface area contributed by atoms with E-state index in [1.807, 2.05) is 0 Å². The van der Waals surface area contributed by atoms with E-state index in [2.05, 4.69) is 41.1 Å². The summed E-state index contributed by atoms with van der Waals surface area (Å²) in [5.74, 6) is 0.938. The van der Waals surface area contributed by atoms with Crippen molar-refractivity contribution in [3.8, 4) is 28.7 Å². The Bertz CT molecular complexity index is 1280. The van der Waals surface area contributed by atoms with Gasteiger partial charge in [0, 0.05) is 17.1 Å². The number of fused-ring (bicyclic) bond motifs is 1. The first-order chi connectivity index (χ1) is 15.0. The summed E-state index contributed by atoms with van der Waals surface area (Å²) in [6.45, 7) is 3.11. The van der Waals surface area contributed by atoms with Gasteiger partial charge in [0.1, 0.15) is 17.0 Å². The summed E-state index contributed by atoms with van der Waals surface area (Å²) in [5, 5.41) is 14.2. The van der Waals surface area contributed by atoms with Crippen molar-refractivity contribution < 1.29 is 9.63 Å². The zero-order valence-corrected chi connectivity index (χ0v) is 17.6. The van der Waals surface area contributed by atoms with Crippen LogP contribution in [-0.2, 0) is 6.54 Å². The summed E-state index contributed by atoms with van der Waals surface area (Å²) >= 11 is 6.19. The monoisotopic (exact) mass is 440 g/mol. The van der Waals surface area contributed by atoms with Crippen molar-refractivity contribution in [1.29, 1.82) is 0 Å². The van der Waals surface area contributed by atoms with E-state index in [1.165, 1.54) is 31.7 Å². The molecule has 0 spiro atoms. The molecule has 0 amide bonds. The lowest BCUT2D eigenvalue weighted by molar-refractivity contribution is 0.266. The van der Waals surface area contributed by atoms with Crippen molar-refractivity contribution in [3.05, 3.63) is 40.1 Å². The number of halogens is 1. The topological polar surface area (TPSA) is 123 Å². The predicted molar refractivity (Wildman–Crippen MR) is 115 cm³/mol. The number of rotatable bonds is 4. The highest BCUT2D eigenvalue weighted by molar-refractivity contribution is 6.31. The standard InChI is InChI=1S/C21H21ClN6O3/c1-11-2-4-12(5-3-11)9-28-10-23-18-17(28)16(13-6-14(22)8-15(29)7-13)24-19(25-18)20-26-21(30)31-27-20/h6-8,10-12,29H,2-5,9H2,1H3,(H,26,27,30)/t11-,12-. The van der Waals surface area contributed by atoms with E-state index in [0.29, 0.717) is 27.8 Å². The lowest BCUT2D eigenvalue weighted by Gasteiger charge is -2.26. The molecule has 1 aromatic carbocycles. The second-order valence-electron chi connectivity index (χ2n) is 8.23. The molecule has 3 aromatic heterocycles. The molecular formula is C21H21ClN6O3. The van der Waals surface area contributed by atoms with Gasteiger partial charge in [-0.3, -0.25) is 9.51 Å². The van der Waals surface area contributed by atoms with Crippen LogP contribution in [-0.4, -0.2) is 34.8 Å². The third kappa shape index (κ3) is 3.93. The number of aromatic hydroxyl groups is 1. The van der Waals surface area contributed by atoms with Crippen LogP contribution >= 0.6 is 11.6 Å². The molecule has 0 bridgehead atoms. The van der Waals surface area contributed by atoms with Crippen LogP contribution in [0.3, 0.4) is 0 Å². The quantitative estimate of drug-likeness (QED) is 0.491. The highest BCUT2D eigenvalue weighted by Crippen LogP contribution is 2.34. The average molecular weight is 441 g/mol. The molecule has 0 atom stereocenters. The van der Waals surface area contributed by atoms with Gasteiger partial charge in [0.15, 0.2) is 5.65 Å². The molecule has 4 aromatic rings. The highest BCUT2D eigenvalue weighted by atomic mass is 35.5. The number of benzene rings is 1. The van der Waals surface area contributed by atoms with E-state index >= 15 is 0 Å². The highest BCUT2D eigenvalue weighted by Gasteiger charge is 2.23. The van der Waals surface area contributed by atoms with Gasteiger partial charge in [-0.25, -0.2) is 19.7 Å². The molecule has 0 unspecified atom stereocenters. The summed E-state index contributed by atoms with van der Waals surface area (Å²) < 4.78 is 6.67. The number of aromatic nitrogens is 6. The predicted octanol–water partition coefficient (Wildman–Crippen LogP) is 4.02. The number of phenolic OH excluding ortho intramolecular Hbond substituents is 1. The zero-order chi connectivity index (χ0) is 21.5. The van der Waals surface area contributed by atoms with Gasteiger partial charge in [0.25, 0.3) is 0 Å². The molecule has 1 aliphatic carbocycles. The Kier molecular flexibility index (Phi) is 4.97. The van der Waals surface area contributed by atoms with Crippen molar-refractivity contribution >= 4 is 22.8 Å². The Morgan fingerprint density at radius 3 is 2.74 bits per heavy atom. The largest absolute Gasteiger partial charge is 0.508 e. The molecule has 0 radical (unpaired) electrons. The fraction of sp³-hybridized carbons (Fsp3) is 0.381. The first-order valence-electron chi connectivity index (χ1n) is 10.3. The van der Waals surface area contributed by atoms with Gasteiger partial charge in [-0.05, 0) is 42.9 Å². The Labute approximate surface area is 182 Å². The van der Waals surface area contributed by atoms with E-state index in [0.717, 1.165) is 18.0 Å². The van der Waals surface area contributed by atoms with Gasteiger partial charge in [0.2, 0.25) is 11.6 Å². The summed E-state index contributed by atoms with van der Waals surface area (Å²) in [6.07, 6.45) is 6.57. The minimum atomic E-state index is -0.697. The summed E-state index contributed by atoms with van der Waals surface area (Å²) in [6, 6.07) is 4.76. The van der Waals surface area contributed by atoms with Crippen molar-refractivity contribution in [2.75, 3.05) is 0 Å². The van der Waals surface area contributed by atoms with Crippen LogP contribution in [0, 0.1) is 11.8 Å². The number of imidazole rings is 1. The van der Waals surface area contributed by atoms with E-state index in [1.54, 1.807) is 18.5 Å². The van der Waals surface area contributed by atoms with Gasteiger partial charge in [-0.15, -0.1) is 0 Å². The fourth-order valence-corrected chi connectivity index (χ4v) is 4.48. The third-order valence-electron chi connectivity index (χ3n) is 5.87. The van der Waals surface area contributed by atoms with Gasteiger partial charge in [-0.1, -0.05) is 36.5 Å². The first kappa shape index (κ1) is 19.7. The molecule has 10 heteroatoms. The fourth-order valence-electron chi connectivity index (χ4n) is 4.25. The molecule has 1 aliphatic rings. The number of H-pyrrole nitrogens is 1. The summed E-state index contributed by atoms with van der Waals surface area (Å²) in [7, 11) is 0. The van der Waals surface area contributed by atoms with Crippen molar-refractivity contribution in [1.82, 2.24) is 29.7 Å². The number of hydrogen-bond donors (Lipinski definition) is 2. The van der Waals surface area contributed by atoms with Crippen LogP contribution in [0.25, 0.3) is 34.1 Å². The molecule has 0 saturated heterocycles. The van der Waals surface area contributed by atoms with Crippen molar-refractivity contribution in [2.24, 2.45) is 11.8 Å². The second kappa shape index (κ2) is 7.81. The molecule has 1 fully saturated rings. The van der Waals surface area contributed by atoms with Crippen LogP contribution in [0.1, 0.15) is 32.6 Å². The van der Waals surface area contributed by atoms with E-state index in [-0.39, 0.29) is 17.4 Å². The lowest BCUT2D eigenvalue weighted by atomic mass is 9.83. The normalized spacial score (nSPS) is 19.2. The second-order valence-corrected chi connectivity index (χ2v) is 8.67. The van der Waals surface area contributed by atoms with Crippen molar-refractivity contribution in [2.45, 2.75) is 39.2 Å². The van der Waals surface area contributed by atoms with E-state index in [4.69, 9.17) is 11.6 Å². The number of hydrogen-bond acceptors (Lipinski definition) is 7. The third-order valence-corrected chi connectivity index (χ3v) is 6.09. The lowest BCUT2D eigenvalue weighted by Crippen LogP contribution is -2.17. The molecule has 31 heavy (non-hydrogen) atoms. The number of nitrogens with one attached hydrogen (secondary N) is 1. The molecule has 5 rings (SSSR count). The molecule has 160 valence electrons. The van der Waals surface area contributed by atoms with Crippen molar-refractivity contribution in [3.63, 3.8) is 0 Å². The SMILES string of the molecule is C[C@H]1CC[C@H](Cn2cnc3nc(-c4noc(=O)[nH]4)nc(-c4cc(O)cc(Cl)c4)c32)CC1.